The van der Waals surface area contributed by atoms with Crippen LogP contribution in [0.3, 0.4) is 0 Å². The number of fused-ring (bicyclic) bond motifs is 1. The average Bonchev–Trinajstić information content (AvgIpc) is 2.81. The van der Waals surface area contributed by atoms with E-state index in [4.69, 9.17) is 4.98 Å². The molecule has 2 heteroatoms. The first kappa shape index (κ1) is 27.0. The zero-order valence-electron chi connectivity index (χ0n) is 22.3. The van der Waals surface area contributed by atoms with Gasteiger partial charge in [-0.05, 0) is 66.2 Å². The fraction of sp³-hybridized carbons (Fsp3) is 0.516. The third-order valence-corrected chi connectivity index (χ3v) is 6.81. The molecule has 0 bridgehead atoms. The summed E-state index contributed by atoms with van der Waals surface area (Å²) in [6, 6.07) is 8.42. The molecule has 0 amide bonds. The maximum absolute atomic E-state index is 15.4. The van der Waals surface area contributed by atoms with Gasteiger partial charge in [0.1, 0.15) is 5.83 Å². The molecule has 4 rings (SSSR count). The summed E-state index contributed by atoms with van der Waals surface area (Å²) >= 11 is 0. The normalized spacial score (nSPS) is 18.7. The van der Waals surface area contributed by atoms with Crippen molar-refractivity contribution in [1.82, 2.24) is 4.98 Å². The van der Waals surface area contributed by atoms with E-state index in [1.807, 2.05) is 27.0 Å². The molecule has 33 heavy (non-hydrogen) atoms. The van der Waals surface area contributed by atoms with E-state index in [0.29, 0.717) is 0 Å². The monoisotopic (exact) mass is 449 g/mol. The molecule has 0 saturated carbocycles. The Morgan fingerprint density at radius 1 is 1.12 bits per heavy atom. The van der Waals surface area contributed by atoms with Crippen LogP contribution in [0.4, 0.5) is 4.39 Å². The van der Waals surface area contributed by atoms with E-state index in [0.717, 1.165) is 47.6 Å². The van der Waals surface area contributed by atoms with E-state index in [1.165, 1.54) is 22.8 Å². The van der Waals surface area contributed by atoms with Crippen LogP contribution in [0.25, 0.3) is 16.3 Å². The molecule has 2 aromatic rings. The minimum absolute atomic E-state index is 0.0194. The maximum atomic E-state index is 15.4. The summed E-state index contributed by atoms with van der Waals surface area (Å²) < 4.78 is 15.4. The topological polar surface area (TPSA) is 12.9 Å². The Bertz CT molecular complexity index is 1030. The second-order valence-corrected chi connectivity index (χ2v) is 9.89. The molecular formula is C31H44FN. The standard InChI is InChI=1S/C24H26FN.C5H12.C2H6/c1-5-6-7-9-17-14-15(2)22(25)21-20(17)23-19-16(12-13-26-23)10-8-11-18(19)24(21,3)4;1-4-5(2)3;1-2/h6-8,10-13,17H,5,9,14H2,1-4H3;5H,4H2,1-3H3;1-2H3. The van der Waals surface area contributed by atoms with E-state index in [9.17, 15) is 0 Å². The van der Waals surface area contributed by atoms with Crippen molar-refractivity contribution in [3.8, 4) is 0 Å². The number of benzene rings is 1. The zero-order valence-corrected chi connectivity index (χ0v) is 22.3. The van der Waals surface area contributed by atoms with Gasteiger partial charge in [-0.1, -0.05) is 92.2 Å². The number of allylic oxidation sites excluding steroid dienone is 6. The summed E-state index contributed by atoms with van der Waals surface area (Å²) in [6.07, 6.45) is 10.4. The first-order valence-electron chi connectivity index (χ1n) is 12.9. The average molecular weight is 450 g/mol. The Hall–Kier alpha value is -2.22. The van der Waals surface area contributed by atoms with Crippen LogP contribution in [-0.2, 0) is 5.41 Å². The molecule has 1 unspecified atom stereocenters. The lowest BCUT2D eigenvalue weighted by molar-refractivity contribution is 0.511. The molecule has 1 heterocycles. The summed E-state index contributed by atoms with van der Waals surface area (Å²) in [6.45, 7) is 19.0. The highest BCUT2D eigenvalue weighted by molar-refractivity contribution is 6.00. The van der Waals surface area contributed by atoms with Crippen molar-refractivity contribution in [2.45, 2.75) is 93.4 Å². The lowest BCUT2D eigenvalue weighted by Gasteiger charge is -2.41. The van der Waals surface area contributed by atoms with Crippen molar-refractivity contribution in [3.05, 3.63) is 70.8 Å². The van der Waals surface area contributed by atoms with Crippen molar-refractivity contribution in [1.29, 1.82) is 0 Å². The second kappa shape index (κ2) is 11.8. The van der Waals surface area contributed by atoms with E-state index in [1.54, 1.807) is 0 Å². The van der Waals surface area contributed by atoms with Gasteiger partial charge in [-0.3, -0.25) is 4.98 Å². The molecule has 0 fully saturated rings. The number of hydrogen-bond donors (Lipinski definition) is 0. The molecule has 0 aliphatic heterocycles. The van der Waals surface area contributed by atoms with Crippen LogP contribution >= 0.6 is 0 Å². The molecule has 1 aromatic carbocycles. The van der Waals surface area contributed by atoms with Gasteiger partial charge in [0.25, 0.3) is 0 Å². The van der Waals surface area contributed by atoms with Crippen molar-refractivity contribution in [2.24, 2.45) is 11.8 Å². The van der Waals surface area contributed by atoms with Crippen LogP contribution < -0.4 is 0 Å². The quantitative estimate of drug-likeness (QED) is 0.423. The molecule has 0 radical (unpaired) electrons. The van der Waals surface area contributed by atoms with Crippen molar-refractivity contribution >= 4 is 16.3 Å². The van der Waals surface area contributed by atoms with Gasteiger partial charge in [0, 0.05) is 22.6 Å². The minimum atomic E-state index is -0.358. The minimum Gasteiger partial charge on any atom is -0.256 e. The van der Waals surface area contributed by atoms with E-state index in [2.05, 4.69) is 78.0 Å². The molecule has 2 aliphatic rings. The second-order valence-electron chi connectivity index (χ2n) is 9.89. The summed E-state index contributed by atoms with van der Waals surface area (Å²) in [5.41, 5.74) is 4.68. The Morgan fingerprint density at radius 3 is 2.39 bits per heavy atom. The van der Waals surface area contributed by atoms with E-state index in [-0.39, 0.29) is 17.2 Å². The van der Waals surface area contributed by atoms with Crippen LogP contribution in [0, 0.1) is 11.8 Å². The van der Waals surface area contributed by atoms with Crippen LogP contribution in [-0.4, -0.2) is 4.98 Å². The van der Waals surface area contributed by atoms with E-state index >= 15 is 4.39 Å². The molecule has 1 atom stereocenters. The molecule has 1 nitrogen and oxygen atoms in total. The molecule has 2 aliphatic carbocycles. The molecule has 1 aromatic heterocycles. The SMILES string of the molecule is CC.CCC(C)C.CCC=CCC1CC(C)=C(F)C2=C1c1nccc3cccc(c13)C2(C)C. The third kappa shape index (κ3) is 5.48. The largest absolute Gasteiger partial charge is 0.256 e. The zero-order chi connectivity index (χ0) is 24.8. The Balaban J connectivity index is 0.000000489. The van der Waals surface area contributed by atoms with Gasteiger partial charge in [0.05, 0.1) is 5.69 Å². The first-order valence-corrected chi connectivity index (χ1v) is 12.9. The number of rotatable bonds is 4. The Labute approximate surface area is 201 Å². The summed E-state index contributed by atoms with van der Waals surface area (Å²) in [7, 11) is 0. The first-order chi connectivity index (χ1) is 15.7. The van der Waals surface area contributed by atoms with Crippen LogP contribution in [0.5, 0.6) is 0 Å². The highest BCUT2D eigenvalue weighted by Crippen LogP contribution is 2.54. The molecule has 180 valence electrons. The summed E-state index contributed by atoms with van der Waals surface area (Å²) in [5, 5.41) is 2.40. The molecular weight excluding hydrogens is 405 g/mol. The van der Waals surface area contributed by atoms with Gasteiger partial charge in [0.15, 0.2) is 0 Å². The van der Waals surface area contributed by atoms with Crippen molar-refractivity contribution in [2.75, 3.05) is 0 Å². The highest BCUT2D eigenvalue weighted by atomic mass is 19.1. The summed E-state index contributed by atoms with van der Waals surface area (Å²) in [4.78, 5) is 4.75. The lowest BCUT2D eigenvalue weighted by atomic mass is 9.63. The third-order valence-electron chi connectivity index (χ3n) is 6.81. The number of halogens is 1. The Kier molecular flexibility index (Phi) is 9.64. The number of pyridine rings is 1. The van der Waals surface area contributed by atoms with Gasteiger partial charge >= 0.3 is 0 Å². The van der Waals surface area contributed by atoms with Crippen LogP contribution in [0.15, 0.2) is 59.6 Å². The maximum Gasteiger partial charge on any atom is 0.126 e. The predicted octanol–water partition coefficient (Wildman–Crippen LogP) is 9.98. The fourth-order valence-electron chi connectivity index (χ4n) is 4.74. The van der Waals surface area contributed by atoms with Gasteiger partial charge in [-0.15, -0.1) is 0 Å². The van der Waals surface area contributed by atoms with Gasteiger partial charge in [-0.2, -0.15) is 0 Å². The summed E-state index contributed by atoms with van der Waals surface area (Å²) in [5.74, 6) is 1.15. The number of nitrogens with zero attached hydrogens (tertiary/aromatic N) is 1. The molecule has 0 saturated heterocycles. The lowest BCUT2D eigenvalue weighted by Crippen LogP contribution is -2.31. The number of aromatic nitrogens is 1. The Morgan fingerprint density at radius 2 is 1.79 bits per heavy atom. The smallest absolute Gasteiger partial charge is 0.126 e. The molecule has 0 spiro atoms. The van der Waals surface area contributed by atoms with Gasteiger partial charge in [-0.25, -0.2) is 4.39 Å². The van der Waals surface area contributed by atoms with E-state index < -0.39 is 0 Å². The van der Waals surface area contributed by atoms with Crippen molar-refractivity contribution in [3.63, 3.8) is 0 Å². The molecule has 0 N–H and O–H groups in total. The van der Waals surface area contributed by atoms with Crippen LogP contribution in [0.1, 0.15) is 99.3 Å². The highest BCUT2D eigenvalue weighted by Gasteiger charge is 2.42. The number of hydrogen-bond acceptors (Lipinski definition) is 1. The predicted molar refractivity (Wildman–Crippen MR) is 144 cm³/mol. The van der Waals surface area contributed by atoms with Gasteiger partial charge in [0.2, 0.25) is 0 Å². The fourth-order valence-corrected chi connectivity index (χ4v) is 4.74. The van der Waals surface area contributed by atoms with Gasteiger partial charge < -0.3 is 0 Å². The van der Waals surface area contributed by atoms with Crippen molar-refractivity contribution < 1.29 is 4.39 Å². The van der Waals surface area contributed by atoms with Crippen LogP contribution in [0.2, 0.25) is 0 Å².